The number of ether oxygens (including phenoxy) is 1. The minimum absolute atomic E-state index is 0.112. The number of hydrogen-bond acceptors (Lipinski definition) is 4. The first-order chi connectivity index (χ1) is 13.2. The first-order valence-corrected chi connectivity index (χ1v) is 9.14. The van der Waals surface area contributed by atoms with Crippen LogP contribution in [-0.2, 0) is 4.74 Å². The van der Waals surface area contributed by atoms with Gasteiger partial charge in [-0.05, 0) is 25.1 Å². The van der Waals surface area contributed by atoms with Gasteiger partial charge in [0.15, 0.2) is 0 Å². The monoisotopic (exact) mass is 360 g/mol. The molecular weight excluding hydrogens is 340 g/mol. The molecule has 0 radical (unpaired) electrons. The molecule has 1 saturated heterocycles. The zero-order valence-corrected chi connectivity index (χ0v) is 15.1. The minimum atomic E-state index is -0.112. The third-order valence-electron chi connectivity index (χ3n) is 5.16. The smallest absolute Gasteiger partial charge is 0.260 e. The number of nitrogens with zero attached hydrogens (tertiary/aromatic N) is 2. The highest BCUT2D eigenvalue weighted by Gasteiger charge is 2.17. The maximum absolute atomic E-state index is 12.7. The van der Waals surface area contributed by atoms with Gasteiger partial charge >= 0.3 is 0 Å². The Morgan fingerprint density at radius 2 is 1.93 bits per heavy atom. The van der Waals surface area contributed by atoms with Crippen LogP contribution in [0.15, 0.2) is 47.4 Å². The fourth-order valence-corrected chi connectivity index (χ4v) is 3.75. The van der Waals surface area contributed by atoms with Gasteiger partial charge in [0.05, 0.1) is 24.1 Å². The van der Waals surface area contributed by atoms with Gasteiger partial charge in [0.1, 0.15) is 0 Å². The molecule has 0 amide bonds. The molecule has 6 nitrogen and oxygen atoms in total. The molecule has 27 heavy (non-hydrogen) atoms. The van der Waals surface area contributed by atoms with E-state index in [1.165, 1.54) is 5.56 Å². The van der Waals surface area contributed by atoms with Crippen LogP contribution in [-0.4, -0.2) is 41.3 Å². The third-order valence-corrected chi connectivity index (χ3v) is 5.16. The predicted molar refractivity (Wildman–Crippen MR) is 107 cm³/mol. The number of aromatic amines is 2. The average molecular weight is 360 g/mol. The van der Waals surface area contributed by atoms with Crippen LogP contribution in [0.4, 0.5) is 5.95 Å². The van der Waals surface area contributed by atoms with Crippen molar-refractivity contribution in [2.45, 2.75) is 6.92 Å². The van der Waals surface area contributed by atoms with Crippen molar-refractivity contribution in [1.82, 2.24) is 15.0 Å². The number of anilines is 1. The third kappa shape index (κ3) is 2.69. The zero-order valence-electron chi connectivity index (χ0n) is 15.1. The molecule has 2 aromatic carbocycles. The molecule has 136 valence electrons. The van der Waals surface area contributed by atoms with Crippen molar-refractivity contribution < 1.29 is 4.74 Å². The Labute approximate surface area is 155 Å². The fraction of sp³-hybridized carbons (Fsp3) is 0.238. The van der Waals surface area contributed by atoms with Gasteiger partial charge in [-0.15, -0.1) is 0 Å². The Kier molecular flexibility index (Phi) is 3.72. The number of para-hydroxylation sites is 1. The average Bonchev–Trinajstić information content (AvgIpc) is 3.11. The van der Waals surface area contributed by atoms with E-state index in [-0.39, 0.29) is 5.56 Å². The lowest BCUT2D eigenvalue weighted by Crippen LogP contribution is -2.38. The summed E-state index contributed by atoms with van der Waals surface area (Å²) in [5, 5.41) is 1.74. The highest BCUT2D eigenvalue weighted by Crippen LogP contribution is 2.33. The standard InChI is InChI=1S/C21H20N4O2/c1-13-5-6-18-16(11-13)17(12-22-18)14-3-2-4-15-19(14)23-21(24-20(15)26)25-7-9-27-10-8-25/h2-6,11-12,22H,7-10H2,1H3,(H,23,24,26). The van der Waals surface area contributed by atoms with E-state index in [1.54, 1.807) is 0 Å². The summed E-state index contributed by atoms with van der Waals surface area (Å²) in [5.41, 5.74) is 4.91. The largest absolute Gasteiger partial charge is 0.378 e. The van der Waals surface area contributed by atoms with Gasteiger partial charge in [-0.1, -0.05) is 23.8 Å². The molecule has 0 aliphatic carbocycles. The maximum atomic E-state index is 12.7. The number of hydrogen-bond donors (Lipinski definition) is 2. The number of fused-ring (bicyclic) bond motifs is 2. The first-order valence-electron chi connectivity index (χ1n) is 9.14. The summed E-state index contributed by atoms with van der Waals surface area (Å²) < 4.78 is 5.42. The van der Waals surface area contributed by atoms with Crippen LogP contribution in [0.1, 0.15) is 5.56 Å². The van der Waals surface area contributed by atoms with E-state index in [0.717, 1.165) is 40.6 Å². The molecule has 1 fully saturated rings. The summed E-state index contributed by atoms with van der Waals surface area (Å²) in [5.74, 6) is 0.610. The quantitative estimate of drug-likeness (QED) is 0.576. The van der Waals surface area contributed by atoms with Gasteiger partial charge in [0, 0.05) is 41.3 Å². The lowest BCUT2D eigenvalue weighted by molar-refractivity contribution is 0.122. The number of benzene rings is 2. The van der Waals surface area contributed by atoms with E-state index in [1.807, 2.05) is 24.4 Å². The molecule has 0 unspecified atom stereocenters. The second-order valence-electron chi connectivity index (χ2n) is 6.94. The van der Waals surface area contributed by atoms with Crippen LogP contribution in [0.3, 0.4) is 0 Å². The first kappa shape index (κ1) is 16.1. The van der Waals surface area contributed by atoms with Crippen molar-refractivity contribution in [3.05, 3.63) is 58.5 Å². The van der Waals surface area contributed by atoms with Gasteiger partial charge in [0.25, 0.3) is 5.56 Å². The normalized spacial score (nSPS) is 14.9. The molecule has 0 saturated carbocycles. The Bertz CT molecular complexity index is 1200. The number of nitrogens with one attached hydrogen (secondary N) is 2. The van der Waals surface area contributed by atoms with Crippen LogP contribution in [0.2, 0.25) is 0 Å². The van der Waals surface area contributed by atoms with Gasteiger partial charge in [-0.2, -0.15) is 0 Å². The summed E-state index contributed by atoms with van der Waals surface area (Å²) >= 11 is 0. The second-order valence-corrected chi connectivity index (χ2v) is 6.94. The topological polar surface area (TPSA) is 74.0 Å². The lowest BCUT2D eigenvalue weighted by Gasteiger charge is -2.27. The van der Waals surface area contributed by atoms with E-state index >= 15 is 0 Å². The number of aromatic nitrogens is 3. The van der Waals surface area contributed by atoms with Crippen LogP contribution in [0.5, 0.6) is 0 Å². The van der Waals surface area contributed by atoms with E-state index in [4.69, 9.17) is 9.72 Å². The molecular formula is C21H20N4O2. The molecule has 0 bridgehead atoms. The fourth-order valence-electron chi connectivity index (χ4n) is 3.75. The summed E-state index contributed by atoms with van der Waals surface area (Å²) in [6.45, 7) is 4.82. The molecule has 2 aromatic heterocycles. The summed E-state index contributed by atoms with van der Waals surface area (Å²) in [4.78, 5) is 25.9. The van der Waals surface area contributed by atoms with Crippen LogP contribution in [0, 0.1) is 6.92 Å². The SMILES string of the molecule is Cc1ccc2[nH]cc(-c3cccc4c(=O)[nH]c(N5CCOCC5)nc34)c2c1. The van der Waals surface area contributed by atoms with Crippen molar-refractivity contribution in [3.63, 3.8) is 0 Å². The van der Waals surface area contributed by atoms with Gasteiger partial charge < -0.3 is 14.6 Å². The lowest BCUT2D eigenvalue weighted by atomic mass is 10.0. The van der Waals surface area contributed by atoms with Crippen LogP contribution in [0.25, 0.3) is 32.9 Å². The Hall–Kier alpha value is -3.12. The highest BCUT2D eigenvalue weighted by atomic mass is 16.5. The molecule has 4 aromatic rings. The molecule has 0 spiro atoms. The molecule has 2 N–H and O–H groups in total. The van der Waals surface area contributed by atoms with Crippen molar-refractivity contribution >= 4 is 27.8 Å². The molecule has 1 aliphatic heterocycles. The molecule has 0 atom stereocenters. The number of aryl methyl sites for hydroxylation is 1. The van der Waals surface area contributed by atoms with E-state index < -0.39 is 0 Å². The van der Waals surface area contributed by atoms with Gasteiger partial charge in [-0.25, -0.2) is 4.98 Å². The van der Waals surface area contributed by atoms with Crippen molar-refractivity contribution in [3.8, 4) is 11.1 Å². The van der Waals surface area contributed by atoms with E-state index in [0.29, 0.717) is 24.5 Å². The number of H-pyrrole nitrogens is 2. The van der Waals surface area contributed by atoms with E-state index in [2.05, 4.69) is 40.0 Å². The predicted octanol–water partition coefficient (Wildman–Crippen LogP) is 3.22. The number of rotatable bonds is 2. The van der Waals surface area contributed by atoms with Gasteiger partial charge in [0.2, 0.25) is 5.95 Å². The molecule has 1 aliphatic rings. The summed E-state index contributed by atoms with van der Waals surface area (Å²) in [7, 11) is 0. The van der Waals surface area contributed by atoms with Crippen molar-refractivity contribution in [1.29, 1.82) is 0 Å². The van der Waals surface area contributed by atoms with Crippen molar-refractivity contribution in [2.75, 3.05) is 31.2 Å². The second kappa shape index (κ2) is 6.25. The minimum Gasteiger partial charge on any atom is -0.378 e. The Morgan fingerprint density at radius 3 is 2.78 bits per heavy atom. The molecule has 3 heterocycles. The van der Waals surface area contributed by atoms with Crippen LogP contribution >= 0.6 is 0 Å². The molecule has 6 heteroatoms. The van der Waals surface area contributed by atoms with E-state index in [9.17, 15) is 4.79 Å². The zero-order chi connectivity index (χ0) is 18.4. The van der Waals surface area contributed by atoms with Crippen LogP contribution < -0.4 is 10.5 Å². The van der Waals surface area contributed by atoms with Gasteiger partial charge in [-0.3, -0.25) is 9.78 Å². The summed E-state index contributed by atoms with van der Waals surface area (Å²) in [6.07, 6.45) is 2.00. The number of morpholine rings is 1. The Balaban J connectivity index is 1.75. The summed E-state index contributed by atoms with van der Waals surface area (Å²) in [6, 6.07) is 12.1. The maximum Gasteiger partial charge on any atom is 0.260 e. The molecule has 5 rings (SSSR count). The Morgan fingerprint density at radius 1 is 1.07 bits per heavy atom. The van der Waals surface area contributed by atoms with Crippen molar-refractivity contribution in [2.24, 2.45) is 0 Å². The highest BCUT2D eigenvalue weighted by molar-refractivity contribution is 6.03.